The molecule has 0 bridgehead atoms. The highest BCUT2D eigenvalue weighted by Gasteiger charge is 2.16. The van der Waals surface area contributed by atoms with Crippen molar-refractivity contribution in [2.75, 3.05) is 28.2 Å². The minimum Gasteiger partial charge on any atom is -0.269 e. The van der Waals surface area contributed by atoms with Gasteiger partial charge in [-0.2, -0.15) is 4.57 Å². The number of pyridine rings is 1. The average molecular weight is 208 g/mol. The Balaban J connectivity index is 3.43. The predicted molar refractivity (Wildman–Crippen MR) is 61.6 cm³/mol. The third-order valence-corrected chi connectivity index (χ3v) is 2.07. The summed E-state index contributed by atoms with van der Waals surface area (Å²) >= 11 is 0. The van der Waals surface area contributed by atoms with Crippen molar-refractivity contribution in [2.24, 2.45) is 0 Å². The molecule has 0 N–H and O–H groups in total. The van der Waals surface area contributed by atoms with Gasteiger partial charge in [0.25, 0.3) is 0 Å². The van der Waals surface area contributed by atoms with Gasteiger partial charge < -0.3 is 0 Å². The second-order valence-corrected chi connectivity index (χ2v) is 4.00. The molecule has 0 aromatic carbocycles. The van der Waals surface area contributed by atoms with Crippen LogP contribution >= 0.6 is 0 Å². The lowest BCUT2D eigenvalue weighted by molar-refractivity contribution is -0.472. The molecule has 0 aliphatic rings. The van der Waals surface area contributed by atoms with E-state index in [1.807, 2.05) is 56.9 Å². The van der Waals surface area contributed by atoms with Crippen molar-refractivity contribution in [1.82, 2.24) is 9.47 Å². The molecule has 0 saturated carbocycles. The van der Waals surface area contributed by atoms with Crippen LogP contribution in [0.4, 0.5) is 0 Å². The number of aromatic nitrogens is 1. The number of aryl methyl sites for hydroxylation is 1. The van der Waals surface area contributed by atoms with Crippen molar-refractivity contribution in [3.63, 3.8) is 0 Å². The Morgan fingerprint density at radius 3 is 2.40 bits per heavy atom. The average Bonchev–Trinajstić information content (AvgIpc) is 2.10. The maximum absolute atomic E-state index is 11.7. The van der Waals surface area contributed by atoms with E-state index in [9.17, 15) is 4.79 Å². The first-order chi connectivity index (χ1) is 6.93. The first-order valence-corrected chi connectivity index (χ1v) is 4.84. The summed E-state index contributed by atoms with van der Waals surface area (Å²) in [5, 5.41) is 0. The summed E-state index contributed by atoms with van der Waals surface area (Å²) in [5.74, 6) is 0.851. The van der Waals surface area contributed by atoms with E-state index < -0.39 is 0 Å². The van der Waals surface area contributed by atoms with Crippen molar-refractivity contribution < 1.29 is 4.58 Å². The number of hydrogen-bond donors (Lipinski definition) is 0. The summed E-state index contributed by atoms with van der Waals surface area (Å²) in [6.45, 7) is 1.97. The van der Waals surface area contributed by atoms with E-state index in [0.717, 1.165) is 11.5 Å². The molecule has 0 spiro atoms. The monoisotopic (exact) mass is 208 g/mol. The summed E-state index contributed by atoms with van der Waals surface area (Å²) < 4.78 is 3.57. The van der Waals surface area contributed by atoms with Crippen LogP contribution in [0, 0.1) is 6.92 Å². The van der Waals surface area contributed by atoms with E-state index in [0.29, 0.717) is 0 Å². The van der Waals surface area contributed by atoms with Crippen LogP contribution in [0.2, 0.25) is 0 Å². The first kappa shape index (κ1) is 11.5. The molecule has 4 nitrogen and oxygen atoms in total. The van der Waals surface area contributed by atoms with Crippen LogP contribution in [0.5, 0.6) is 0 Å². The number of hydrogen-bond acceptors (Lipinski definition) is 1. The number of nitrogens with zero attached hydrogens (tertiary/aromatic N) is 3. The Kier molecular flexibility index (Phi) is 3.29. The fourth-order valence-electron chi connectivity index (χ4n) is 1.58. The third-order valence-electron chi connectivity index (χ3n) is 2.07. The summed E-state index contributed by atoms with van der Waals surface area (Å²) in [6.07, 6.45) is 1.84. The van der Waals surface area contributed by atoms with E-state index >= 15 is 0 Å². The molecule has 0 unspecified atom stereocenters. The molecule has 0 aliphatic carbocycles. The molecule has 1 heterocycles. The molecule has 0 amide bonds. The predicted octanol–water partition coefficient (Wildman–Crippen LogP) is 0.195. The van der Waals surface area contributed by atoms with E-state index in [1.165, 1.54) is 0 Å². The van der Waals surface area contributed by atoms with Crippen LogP contribution in [-0.2, 0) is 0 Å². The SMILES string of the molecule is Cc1ccc(=O)n(C(N(C)C)=[N+](C)C)c1. The van der Waals surface area contributed by atoms with E-state index in [4.69, 9.17) is 0 Å². The molecule has 15 heavy (non-hydrogen) atoms. The largest absolute Gasteiger partial charge is 0.361 e. The lowest BCUT2D eigenvalue weighted by Crippen LogP contribution is -2.41. The highest BCUT2D eigenvalue weighted by atomic mass is 16.1. The zero-order chi connectivity index (χ0) is 11.6. The Labute approximate surface area is 90.1 Å². The maximum atomic E-state index is 11.7. The van der Waals surface area contributed by atoms with Crippen LogP contribution < -0.4 is 5.56 Å². The minimum absolute atomic E-state index is 0.0157. The Bertz CT molecular complexity index is 439. The van der Waals surface area contributed by atoms with Crippen LogP contribution in [0.3, 0.4) is 0 Å². The molecular formula is C11H18N3O+. The van der Waals surface area contributed by atoms with Crippen LogP contribution in [0.25, 0.3) is 0 Å². The molecule has 82 valence electrons. The van der Waals surface area contributed by atoms with Crippen molar-refractivity contribution >= 4 is 5.96 Å². The van der Waals surface area contributed by atoms with Crippen molar-refractivity contribution in [2.45, 2.75) is 6.92 Å². The highest BCUT2D eigenvalue weighted by molar-refractivity contribution is 5.77. The topological polar surface area (TPSA) is 28.2 Å². The quantitative estimate of drug-likeness (QED) is 0.346. The molecule has 0 radical (unpaired) electrons. The smallest absolute Gasteiger partial charge is 0.269 e. The lowest BCUT2D eigenvalue weighted by atomic mass is 10.3. The normalized spacial score (nSPS) is 9.93. The fraction of sp³-hybridized carbons (Fsp3) is 0.455. The minimum atomic E-state index is -0.0157. The van der Waals surface area contributed by atoms with E-state index in [2.05, 4.69) is 0 Å². The summed E-state index contributed by atoms with van der Waals surface area (Å²) in [4.78, 5) is 13.6. The van der Waals surface area contributed by atoms with Crippen LogP contribution in [0.15, 0.2) is 23.1 Å². The third kappa shape index (κ3) is 2.46. The zero-order valence-electron chi connectivity index (χ0n) is 9.98. The highest BCUT2D eigenvalue weighted by Crippen LogP contribution is 1.94. The fourth-order valence-corrected chi connectivity index (χ4v) is 1.58. The van der Waals surface area contributed by atoms with Gasteiger partial charge in [-0.3, -0.25) is 14.3 Å². The molecule has 1 rings (SSSR count). The standard InChI is InChI=1S/C11H18N3O/c1-9-6-7-10(15)14(8-9)11(12(2)3)13(4)5/h6-8H,1-5H3/q+1. The molecular weight excluding hydrogens is 190 g/mol. The Morgan fingerprint density at radius 1 is 1.33 bits per heavy atom. The van der Waals surface area contributed by atoms with Crippen molar-refractivity contribution in [3.05, 3.63) is 34.2 Å². The van der Waals surface area contributed by atoms with Gasteiger partial charge in [-0.25, -0.2) is 0 Å². The van der Waals surface area contributed by atoms with E-state index in [-0.39, 0.29) is 5.56 Å². The van der Waals surface area contributed by atoms with Gasteiger partial charge >= 0.3 is 11.5 Å². The second kappa shape index (κ2) is 4.29. The molecule has 0 saturated heterocycles. The van der Waals surface area contributed by atoms with Gasteiger partial charge in [-0.15, -0.1) is 0 Å². The molecule has 4 heteroatoms. The zero-order valence-corrected chi connectivity index (χ0v) is 9.98. The van der Waals surface area contributed by atoms with Crippen molar-refractivity contribution in [1.29, 1.82) is 0 Å². The summed E-state index contributed by atoms with van der Waals surface area (Å²) in [5.41, 5.74) is 1.05. The van der Waals surface area contributed by atoms with E-state index in [1.54, 1.807) is 10.6 Å². The second-order valence-electron chi connectivity index (χ2n) is 4.00. The molecule has 0 aliphatic heterocycles. The Morgan fingerprint density at radius 2 is 1.93 bits per heavy atom. The summed E-state index contributed by atoms with van der Waals surface area (Å²) in [6, 6.07) is 3.41. The van der Waals surface area contributed by atoms with Crippen LogP contribution in [-0.4, -0.2) is 48.2 Å². The molecule has 1 aromatic rings. The van der Waals surface area contributed by atoms with Gasteiger partial charge in [0, 0.05) is 6.07 Å². The molecule has 1 aromatic heterocycles. The van der Waals surface area contributed by atoms with Gasteiger partial charge in [0.2, 0.25) is 0 Å². The van der Waals surface area contributed by atoms with Gasteiger partial charge in [-0.05, 0) is 18.6 Å². The summed E-state index contributed by atoms with van der Waals surface area (Å²) in [7, 11) is 7.68. The van der Waals surface area contributed by atoms with Crippen molar-refractivity contribution in [3.8, 4) is 0 Å². The van der Waals surface area contributed by atoms with Crippen LogP contribution in [0.1, 0.15) is 5.56 Å². The Hall–Kier alpha value is -1.58. The van der Waals surface area contributed by atoms with Gasteiger partial charge in [0.15, 0.2) is 0 Å². The lowest BCUT2D eigenvalue weighted by Gasteiger charge is -2.12. The van der Waals surface area contributed by atoms with Gasteiger partial charge in [0.1, 0.15) is 0 Å². The van der Waals surface area contributed by atoms with Gasteiger partial charge in [0.05, 0.1) is 34.4 Å². The maximum Gasteiger partial charge on any atom is 0.361 e. The molecule has 0 fully saturated rings. The molecule has 0 atom stereocenters. The van der Waals surface area contributed by atoms with Gasteiger partial charge in [-0.1, -0.05) is 0 Å². The number of rotatable bonds is 0. The first-order valence-electron chi connectivity index (χ1n) is 4.84.